The lowest BCUT2D eigenvalue weighted by Gasteiger charge is -2.41. The minimum Gasteiger partial charge on any atom is -0.371 e. The van der Waals surface area contributed by atoms with E-state index in [4.69, 9.17) is 16.3 Å². The Morgan fingerprint density at radius 1 is 1.24 bits per heavy atom. The van der Waals surface area contributed by atoms with Crippen molar-refractivity contribution < 1.29 is 4.74 Å². The minimum absolute atomic E-state index is 0.167. The van der Waals surface area contributed by atoms with Gasteiger partial charge in [0.15, 0.2) is 0 Å². The Morgan fingerprint density at radius 2 is 1.88 bits per heavy atom. The summed E-state index contributed by atoms with van der Waals surface area (Å²) in [5.41, 5.74) is 1.41. The third kappa shape index (κ3) is 3.21. The van der Waals surface area contributed by atoms with Gasteiger partial charge in [-0.2, -0.15) is 0 Å². The molecule has 1 heterocycles. The molecule has 1 aliphatic rings. The Labute approximate surface area is 109 Å². The maximum atomic E-state index is 5.90. The van der Waals surface area contributed by atoms with Gasteiger partial charge in [-0.25, -0.2) is 0 Å². The van der Waals surface area contributed by atoms with E-state index >= 15 is 0 Å². The molecule has 3 heteroatoms. The van der Waals surface area contributed by atoms with Crippen LogP contribution in [0, 0.1) is 0 Å². The van der Waals surface area contributed by atoms with Crippen LogP contribution in [0.15, 0.2) is 24.3 Å². The highest BCUT2D eigenvalue weighted by Crippen LogP contribution is 2.27. The molecule has 0 aromatic heterocycles. The summed E-state index contributed by atoms with van der Waals surface area (Å²) in [4.78, 5) is 2.47. The first kappa shape index (κ1) is 12.9. The molecule has 2 rings (SSSR count). The summed E-state index contributed by atoms with van der Waals surface area (Å²) in [5.74, 6) is 0. The van der Waals surface area contributed by atoms with Crippen molar-refractivity contribution in [3.05, 3.63) is 34.9 Å². The van der Waals surface area contributed by atoms with Crippen LogP contribution in [0.3, 0.4) is 0 Å². The smallest absolute Gasteiger partial charge is 0.0952 e. The third-order valence-electron chi connectivity index (χ3n) is 3.26. The van der Waals surface area contributed by atoms with Crippen molar-refractivity contribution in [2.45, 2.75) is 32.4 Å². The molecule has 2 nitrogen and oxygen atoms in total. The Balaban J connectivity index is 2.09. The van der Waals surface area contributed by atoms with Gasteiger partial charge in [0.2, 0.25) is 0 Å². The minimum atomic E-state index is 0.167. The number of nitrogens with zero attached hydrogens (tertiary/aromatic N) is 1. The summed E-state index contributed by atoms with van der Waals surface area (Å²) in [6, 6.07) is 7.96. The Bertz CT molecular complexity index is 369. The van der Waals surface area contributed by atoms with E-state index in [0.717, 1.165) is 24.7 Å². The summed E-state index contributed by atoms with van der Waals surface area (Å²) >= 11 is 5.90. The highest BCUT2D eigenvalue weighted by molar-refractivity contribution is 6.30. The maximum Gasteiger partial charge on any atom is 0.0952 e. The molecule has 0 N–H and O–H groups in total. The second-order valence-corrected chi connectivity index (χ2v) is 5.96. The second-order valence-electron chi connectivity index (χ2n) is 5.53. The van der Waals surface area contributed by atoms with Gasteiger partial charge in [0.05, 0.1) is 12.7 Å². The molecule has 0 unspecified atom stereocenters. The third-order valence-corrected chi connectivity index (χ3v) is 3.51. The summed E-state index contributed by atoms with van der Waals surface area (Å²) < 4.78 is 5.84. The fourth-order valence-corrected chi connectivity index (χ4v) is 2.26. The van der Waals surface area contributed by atoms with Crippen molar-refractivity contribution in [1.82, 2.24) is 4.90 Å². The van der Waals surface area contributed by atoms with Gasteiger partial charge in [-0.05, 0) is 38.5 Å². The molecule has 0 amide bonds. The Morgan fingerprint density at radius 3 is 2.47 bits per heavy atom. The molecule has 1 atom stereocenters. The van der Waals surface area contributed by atoms with Crippen LogP contribution in [0.5, 0.6) is 0 Å². The van der Waals surface area contributed by atoms with E-state index in [2.05, 4.69) is 37.8 Å². The number of hydrogen-bond donors (Lipinski definition) is 0. The number of morpholine rings is 1. The standard InChI is InChI=1S/C14H20ClNO/c1-14(2,3)16-8-9-17-13(10-16)11-4-6-12(15)7-5-11/h4-7,13H,8-10H2,1-3H3/t13-/m0/s1. The maximum absolute atomic E-state index is 5.90. The number of rotatable bonds is 1. The van der Waals surface area contributed by atoms with Gasteiger partial charge < -0.3 is 4.74 Å². The van der Waals surface area contributed by atoms with Gasteiger partial charge in [0.25, 0.3) is 0 Å². The fraction of sp³-hybridized carbons (Fsp3) is 0.571. The predicted molar refractivity (Wildman–Crippen MR) is 71.5 cm³/mol. The Hall–Kier alpha value is -0.570. The highest BCUT2D eigenvalue weighted by Gasteiger charge is 2.28. The SMILES string of the molecule is CC(C)(C)N1CCO[C@H](c2ccc(Cl)cc2)C1. The van der Waals surface area contributed by atoms with Gasteiger partial charge in [-0.15, -0.1) is 0 Å². The van der Waals surface area contributed by atoms with Crippen LogP contribution in [0.25, 0.3) is 0 Å². The van der Waals surface area contributed by atoms with Gasteiger partial charge in [-0.3, -0.25) is 4.90 Å². The van der Waals surface area contributed by atoms with Crippen molar-refractivity contribution >= 4 is 11.6 Å². The van der Waals surface area contributed by atoms with Crippen molar-refractivity contribution in [1.29, 1.82) is 0 Å². The lowest BCUT2D eigenvalue weighted by atomic mass is 10.0. The van der Waals surface area contributed by atoms with Gasteiger partial charge in [-0.1, -0.05) is 23.7 Å². The molecule has 94 valence electrons. The number of hydrogen-bond acceptors (Lipinski definition) is 2. The monoisotopic (exact) mass is 253 g/mol. The molecule has 0 radical (unpaired) electrons. The zero-order chi connectivity index (χ0) is 12.5. The quantitative estimate of drug-likeness (QED) is 0.760. The van der Waals surface area contributed by atoms with Crippen LogP contribution in [0.2, 0.25) is 5.02 Å². The topological polar surface area (TPSA) is 12.5 Å². The molecular weight excluding hydrogens is 234 g/mol. The van der Waals surface area contributed by atoms with Crippen LogP contribution in [0.4, 0.5) is 0 Å². The first-order valence-corrected chi connectivity index (χ1v) is 6.47. The molecule has 0 spiro atoms. The summed E-state index contributed by atoms with van der Waals surface area (Å²) in [5, 5.41) is 0.775. The molecular formula is C14H20ClNO. The van der Waals surface area contributed by atoms with E-state index < -0.39 is 0 Å². The predicted octanol–water partition coefficient (Wildman–Crippen LogP) is 3.51. The van der Waals surface area contributed by atoms with Gasteiger partial charge in [0, 0.05) is 23.7 Å². The van der Waals surface area contributed by atoms with Crippen LogP contribution in [-0.4, -0.2) is 30.1 Å². The second kappa shape index (κ2) is 4.97. The van der Waals surface area contributed by atoms with Crippen molar-refractivity contribution in [2.24, 2.45) is 0 Å². The lowest BCUT2D eigenvalue weighted by molar-refractivity contribution is -0.0596. The van der Waals surface area contributed by atoms with Crippen LogP contribution in [0.1, 0.15) is 32.4 Å². The van der Waals surface area contributed by atoms with E-state index in [9.17, 15) is 0 Å². The van der Waals surface area contributed by atoms with Gasteiger partial charge in [0.1, 0.15) is 0 Å². The fourth-order valence-electron chi connectivity index (χ4n) is 2.14. The number of halogens is 1. The van der Waals surface area contributed by atoms with Crippen LogP contribution < -0.4 is 0 Å². The molecule has 0 saturated carbocycles. The van der Waals surface area contributed by atoms with E-state index in [-0.39, 0.29) is 11.6 Å². The average Bonchev–Trinajstić information content (AvgIpc) is 2.29. The molecule has 0 aliphatic carbocycles. The number of ether oxygens (including phenoxy) is 1. The molecule has 0 bridgehead atoms. The van der Waals surface area contributed by atoms with Crippen molar-refractivity contribution in [3.8, 4) is 0 Å². The Kier molecular flexibility index (Phi) is 3.76. The summed E-state index contributed by atoms with van der Waals surface area (Å²) in [6.07, 6.45) is 0.167. The summed E-state index contributed by atoms with van der Waals surface area (Å²) in [7, 11) is 0. The molecule has 1 aromatic rings. The molecule has 1 aliphatic heterocycles. The normalized spacial score (nSPS) is 22.7. The average molecular weight is 254 g/mol. The highest BCUT2D eigenvalue weighted by atomic mass is 35.5. The first-order chi connectivity index (χ1) is 7.97. The number of benzene rings is 1. The largest absolute Gasteiger partial charge is 0.371 e. The van der Waals surface area contributed by atoms with E-state index in [1.54, 1.807) is 0 Å². The molecule has 17 heavy (non-hydrogen) atoms. The van der Waals surface area contributed by atoms with E-state index in [1.807, 2.05) is 12.1 Å². The molecule has 1 aromatic carbocycles. The molecule has 1 saturated heterocycles. The van der Waals surface area contributed by atoms with E-state index in [0.29, 0.717) is 0 Å². The van der Waals surface area contributed by atoms with Gasteiger partial charge >= 0.3 is 0 Å². The molecule has 1 fully saturated rings. The zero-order valence-electron chi connectivity index (χ0n) is 10.7. The lowest BCUT2D eigenvalue weighted by Crippen LogP contribution is -2.48. The van der Waals surface area contributed by atoms with Crippen LogP contribution >= 0.6 is 11.6 Å². The van der Waals surface area contributed by atoms with Crippen molar-refractivity contribution in [3.63, 3.8) is 0 Å². The van der Waals surface area contributed by atoms with Crippen LogP contribution in [-0.2, 0) is 4.74 Å². The van der Waals surface area contributed by atoms with Crippen molar-refractivity contribution in [2.75, 3.05) is 19.7 Å². The first-order valence-electron chi connectivity index (χ1n) is 6.09. The van der Waals surface area contributed by atoms with E-state index in [1.165, 1.54) is 5.56 Å². The summed E-state index contributed by atoms with van der Waals surface area (Å²) in [6.45, 7) is 9.50. The zero-order valence-corrected chi connectivity index (χ0v) is 11.5.